The zero-order valence-electron chi connectivity index (χ0n) is 23.7. The third-order valence-corrected chi connectivity index (χ3v) is 15.4. The van der Waals surface area contributed by atoms with Crippen LogP contribution in [0.25, 0.3) is 0 Å². The van der Waals surface area contributed by atoms with E-state index in [4.69, 9.17) is 0 Å². The average Bonchev–Trinajstić information content (AvgIpc) is 3.72. The Bertz CT molecular complexity index is 1020. The molecule has 0 radical (unpaired) electrons. The molecule has 2 atom stereocenters. The Kier molecular flexibility index (Phi) is 12.8. The Morgan fingerprint density at radius 2 is 1.13 bits per heavy atom. The fourth-order valence-corrected chi connectivity index (χ4v) is 14.3. The summed E-state index contributed by atoms with van der Waals surface area (Å²) >= 11 is 0. The van der Waals surface area contributed by atoms with E-state index in [0.717, 1.165) is 23.4 Å². The quantitative estimate of drug-likeness (QED) is 0.220. The van der Waals surface area contributed by atoms with Gasteiger partial charge in [-0.2, -0.15) is 0 Å². The topological polar surface area (TPSA) is 0 Å². The third kappa shape index (κ3) is 8.17. The monoisotopic (exact) mass is 596 g/mol. The van der Waals surface area contributed by atoms with E-state index >= 15 is 0 Å². The smallest absolute Gasteiger partial charge is 0.00969 e. The normalized spacial score (nSPS) is 21.9. The van der Waals surface area contributed by atoms with Crippen LogP contribution in [0.3, 0.4) is 0 Å². The zero-order chi connectivity index (χ0) is 26.0. The van der Waals surface area contributed by atoms with Gasteiger partial charge in [0.25, 0.3) is 0 Å². The van der Waals surface area contributed by atoms with E-state index in [1.807, 2.05) is 0 Å². The van der Waals surface area contributed by atoms with Crippen molar-refractivity contribution >= 4 is 26.5 Å². The van der Waals surface area contributed by atoms with Crippen molar-refractivity contribution in [3.63, 3.8) is 0 Å². The minimum Gasteiger partial charge on any atom is -0.0965 e. The number of hydrogen-bond donors (Lipinski definition) is 0. The first kappa shape index (κ1) is 30.7. The van der Waals surface area contributed by atoms with Crippen LogP contribution in [-0.2, 0) is 17.1 Å². The van der Waals surface area contributed by atoms with Crippen LogP contribution in [0, 0.1) is 5.92 Å². The summed E-state index contributed by atoms with van der Waals surface area (Å²) in [6.07, 6.45) is 31.9. The van der Waals surface area contributed by atoms with Crippen LogP contribution < -0.4 is 10.6 Å². The van der Waals surface area contributed by atoms with Gasteiger partial charge in [-0.25, -0.2) is 0 Å². The maximum atomic E-state index is 2.66. The second kappa shape index (κ2) is 16.3. The summed E-state index contributed by atoms with van der Waals surface area (Å²) in [7, 11) is -0.415. The predicted molar refractivity (Wildman–Crippen MR) is 173 cm³/mol. The summed E-state index contributed by atoms with van der Waals surface area (Å²) in [6.45, 7) is 2.66. The van der Waals surface area contributed by atoms with Gasteiger partial charge in [0.1, 0.15) is 0 Å². The molecule has 0 N–H and O–H groups in total. The molecule has 0 aromatic heterocycles. The van der Waals surface area contributed by atoms with Crippen molar-refractivity contribution < 1.29 is 17.1 Å². The summed E-state index contributed by atoms with van der Waals surface area (Å²) in [6, 6.07) is 22.7. The molecule has 2 aromatic carbocycles. The van der Waals surface area contributed by atoms with Gasteiger partial charge in [0.05, 0.1) is 0 Å². The van der Waals surface area contributed by atoms with E-state index < -0.39 is 7.92 Å². The van der Waals surface area contributed by atoms with Crippen LogP contribution in [-0.4, -0.2) is 17.0 Å². The molecule has 2 aromatic rings. The molecule has 0 heterocycles. The number of allylic oxidation sites excluding steroid dienone is 8. The van der Waals surface area contributed by atoms with Crippen molar-refractivity contribution in [2.75, 3.05) is 0 Å². The van der Waals surface area contributed by atoms with E-state index in [9.17, 15) is 0 Å². The largest absolute Gasteiger partial charge is 0.0965 e. The molecule has 4 aliphatic carbocycles. The van der Waals surface area contributed by atoms with Crippen molar-refractivity contribution in [2.45, 2.75) is 94.5 Å². The van der Waals surface area contributed by atoms with Gasteiger partial charge < -0.3 is 0 Å². The fraction of sp³-hybridized carbons (Fsp3) is 0.444. The molecule has 6 rings (SSSR count). The van der Waals surface area contributed by atoms with Crippen LogP contribution >= 0.6 is 15.8 Å². The van der Waals surface area contributed by atoms with Gasteiger partial charge in [0, 0.05) is 23.0 Å². The molecular weight excluding hydrogens is 550 g/mol. The Morgan fingerprint density at radius 1 is 0.641 bits per heavy atom. The summed E-state index contributed by atoms with van der Waals surface area (Å²) < 4.78 is 0. The molecule has 2 fully saturated rings. The van der Waals surface area contributed by atoms with Gasteiger partial charge in [-0.05, 0) is 72.9 Å². The standard InChI is InChI=1S/C31H40P2.C5H6.Fe/c1-25(32(26-15-6-2-7-16-26)27-17-8-3-9-18-27)30-23-14-24-31(30)33(28-19-10-4-11-20-28)29-21-12-5-13-22-29;1-2-4-5-3-1;/h4-5,10-14,19-27,30H,2-3,6-9,15-18H2,1H3;1-4H,5H2;/t25-,30?;;/m1../s1. The molecule has 3 heteroatoms. The number of hydrogen-bond acceptors (Lipinski definition) is 0. The van der Waals surface area contributed by atoms with Gasteiger partial charge in [0.15, 0.2) is 0 Å². The molecular formula is C36H46FeP2. The molecule has 0 nitrogen and oxygen atoms in total. The zero-order valence-corrected chi connectivity index (χ0v) is 26.5. The predicted octanol–water partition coefficient (Wildman–Crippen LogP) is 10.2. The average molecular weight is 597 g/mol. The van der Waals surface area contributed by atoms with E-state index in [-0.39, 0.29) is 25.0 Å². The van der Waals surface area contributed by atoms with Gasteiger partial charge in [0.2, 0.25) is 0 Å². The Morgan fingerprint density at radius 3 is 1.56 bits per heavy atom. The molecule has 0 aliphatic heterocycles. The Hall–Kier alpha value is -1.22. The van der Waals surface area contributed by atoms with Crippen molar-refractivity contribution in [2.24, 2.45) is 5.92 Å². The minimum atomic E-state index is -0.474. The first-order chi connectivity index (χ1) is 18.8. The van der Waals surface area contributed by atoms with Crippen molar-refractivity contribution in [1.82, 2.24) is 0 Å². The molecule has 208 valence electrons. The van der Waals surface area contributed by atoms with Gasteiger partial charge in [-0.3, -0.25) is 0 Å². The number of rotatable bonds is 7. The molecule has 0 spiro atoms. The van der Waals surface area contributed by atoms with Gasteiger partial charge in [-0.1, -0.05) is 157 Å². The molecule has 0 bridgehead atoms. The summed E-state index contributed by atoms with van der Waals surface area (Å²) in [5.41, 5.74) is 2.83. The third-order valence-electron chi connectivity index (χ3n) is 8.85. The van der Waals surface area contributed by atoms with Crippen LogP contribution in [0.1, 0.15) is 77.6 Å². The first-order valence-electron chi connectivity index (χ1n) is 15.2. The second-order valence-electron chi connectivity index (χ2n) is 11.4. The molecule has 1 unspecified atom stereocenters. The fourth-order valence-electron chi connectivity index (χ4n) is 7.02. The van der Waals surface area contributed by atoms with Crippen molar-refractivity contribution in [3.05, 3.63) is 109 Å². The second-order valence-corrected chi connectivity index (χ2v) is 16.8. The summed E-state index contributed by atoms with van der Waals surface area (Å²) in [4.78, 5) is 0. The van der Waals surface area contributed by atoms with E-state index in [1.165, 1.54) is 74.8 Å². The van der Waals surface area contributed by atoms with Crippen LogP contribution in [0.2, 0.25) is 0 Å². The van der Waals surface area contributed by atoms with E-state index in [1.54, 1.807) is 5.31 Å². The van der Waals surface area contributed by atoms with Crippen LogP contribution in [0.4, 0.5) is 0 Å². The number of benzene rings is 2. The van der Waals surface area contributed by atoms with Gasteiger partial charge in [-0.15, -0.1) is 0 Å². The maximum Gasteiger partial charge on any atom is 0.00969 e. The van der Waals surface area contributed by atoms with Crippen LogP contribution in [0.5, 0.6) is 0 Å². The summed E-state index contributed by atoms with van der Waals surface area (Å²) in [5, 5.41) is 4.71. The van der Waals surface area contributed by atoms with Crippen molar-refractivity contribution in [1.29, 1.82) is 0 Å². The molecule has 0 saturated heterocycles. The van der Waals surface area contributed by atoms with E-state index in [0.29, 0.717) is 5.92 Å². The van der Waals surface area contributed by atoms with Gasteiger partial charge >= 0.3 is 0 Å². The van der Waals surface area contributed by atoms with Crippen molar-refractivity contribution in [3.8, 4) is 0 Å². The Labute approximate surface area is 251 Å². The minimum absolute atomic E-state index is 0. The summed E-state index contributed by atoms with van der Waals surface area (Å²) in [5.74, 6) is 0.617. The maximum absolute atomic E-state index is 2.66. The molecule has 39 heavy (non-hydrogen) atoms. The molecule has 0 amide bonds. The van der Waals surface area contributed by atoms with Crippen LogP contribution in [0.15, 0.2) is 109 Å². The first-order valence-corrected chi connectivity index (χ1v) is 18.1. The SMILES string of the molecule is C1=CCC=C1.C[C@H](C1C=CC=C1P(c1ccccc1)c1ccccc1)P(C1CCCCC1)C1CCCCC1.[Fe]. The molecule has 2 saturated carbocycles. The Balaban J connectivity index is 0.000000530. The molecule has 4 aliphatic rings. The van der Waals surface area contributed by atoms with E-state index in [2.05, 4.69) is 110 Å².